The molecule has 4 bridgehead atoms. The molecule has 2 heterocycles. The number of carbonyl (C=O) groups is 1. The molecule has 1 aliphatic heterocycles. The molecule has 2 N–H and O–H groups in total. The largest absolute Gasteiger partial charge is 0.410 e. The maximum Gasteiger partial charge on any atom is 0.410 e. The first-order chi connectivity index (χ1) is 15.3. The molecule has 1 aromatic carbocycles. The van der Waals surface area contributed by atoms with E-state index in [-0.39, 0.29) is 29.4 Å². The molecule has 2 aromatic rings. The summed E-state index contributed by atoms with van der Waals surface area (Å²) in [6.07, 6.45) is 2.10. The SMILES string of the molecule is O=C(NC12CC3CC(CC(C3)C1)C2)c1cc2n(n1)[C@@H](C(F)(F)F)C[C@H](c1ccccc1)N2. The Morgan fingerprint density at radius 1 is 1.03 bits per heavy atom. The number of hydrogen-bond acceptors (Lipinski definition) is 3. The van der Waals surface area contributed by atoms with E-state index in [2.05, 4.69) is 15.7 Å². The quantitative estimate of drug-likeness (QED) is 0.681. The zero-order valence-electron chi connectivity index (χ0n) is 17.7. The van der Waals surface area contributed by atoms with Crippen LogP contribution in [0, 0.1) is 17.8 Å². The van der Waals surface area contributed by atoms with E-state index in [1.165, 1.54) is 25.3 Å². The van der Waals surface area contributed by atoms with E-state index in [0.717, 1.165) is 29.5 Å². The average molecular weight is 445 g/mol. The number of anilines is 1. The summed E-state index contributed by atoms with van der Waals surface area (Å²) in [7, 11) is 0. The minimum Gasteiger partial charge on any atom is -0.363 e. The number of nitrogens with one attached hydrogen (secondary N) is 2. The van der Waals surface area contributed by atoms with Crippen molar-refractivity contribution >= 4 is 11.7 Å². The summed E-state index contributed by atoms with van der Waals surface area (Å²) in [4.78, 5) is 13.2. The molecule has 2 atom stereocenters. The number of amides is 1. The lowest BCUT2D eigenvalue weighted by Gasteiger charge is -2.56. The van der Waals surface area contributed by atoms with Gasteiger partial charge in [0, 0.05) is 18.0 Å². The summed E-state index contributed by atoms with van der Waals surface area (Å²) < 4.78 is 42.7. The lowest BCUT2D eigenvalue weighted by molar-refractivity contribution is -0.173. The first-order valence-corrected chi connectivity index (χ1v) is 11.6. The molecule has 1 amide bonds. The first-order valence-electron chi connectivity index (χ1n) is 11.6. The van der Waals surface area contributed by atoms with E-state index >= 15 is 0 Å². The lowest BCUT2D eigenvalue weighted by atomic mass is 9.53. The number of halogens is 3. The van der Waals surface area contributed by atoms with Crippen LogP contribution < -0.4 is 10.6 Å². The Balaban J connectivity index is 1.28. The molecule has 170 valence electrons. The van der Waals surface area contributed by atoms with Crippen LogP contribution in [-0.2, 0) is 0 Å². The lowest BCUT2D eigenvalue weighted by Crippen LogP contribution is -2.59. The smallest absolute Gasteiger partial charge is 0.363 e. The number of nitrogens with zero attached hydrogens (tertiary/aromatic N) is 2. The number of carbonyl (C=O) groups excluding carboxylic acids is 1. The van der Waals surface area contributed by atoms with Crippen LogP contribution in [0.4, 0.5) is 19.0 Å². The molecule has 7 rings (SSSR count). The minimum absolute atomic E-state index is 0.0613. The highest BCUT2D eigenvalue weighted by Gasteiger charge is 2.52. The second kappa shape index (κ2) is 6.99. The maximum atomic E-state index is 13.9. The molecule has 1 aromatic heterocycles. The molecule has 8 heteroatoms. The van der Waals surface area contributed by atoms with Gasteiger partial charge in [0.25, 0.3) is 5.91 Å². The fourth-order valence-corrected chi connectivity index (χ4v) is 7.16. The van der Waals surface area contributed by atoms with Gasteiger partial charge in [-0.3, -0.25) is 4.79 Å². The number of rotatable bonds is 3. The number of fused-ring (bicyclic) bond motifs is 1. The van der Waals surface area contributed by atoms with Crippen LogP contribution in [0.2, 0.25) is 0 Å². The third kappa shape index (κ3) is 3.39. The van der Waals surface area contributed by atoms with Crippen LogP contribution in [0.1, 0.15) is 73.1 Å². The van der Waals surface area contributed by atoms with E-state index in [9.17, 15) is 18.0 Å². The van der Waals surface area contributed by atoms with Gasteiger partial charge in [-0.15, -0.1) is 0 Å². The van der Waals surface area contributed by atoms with Crippen LogP contribution in [-0.4, -0.2) is 27.4 Å². The normalized spacial score (nSPS) is 35.3. The Morgan fingerprint density at radius 3 is 2.25 bits per heavy atom. The van der Waals surface area contributed by atoms with Crippen molar-refractivity contribution in [1.29, 1.82) is 0 Å². The van der Waals surface area contributed by atoms with Crippen molar-refractivity contribution < 1.29 is 18.0 Å². The van der Waals surface area contributed by atoms with Gasteiger partial charge in [-0.05, 0) is 61.8 Å². The molecule has 4 aliphatic carbocycles. The molecular formula is C24H27F3N4O. The highest BCUT2D eigenvalue weighted by molar-refractivity contribution is 5.93. The van der Waals surface area contributed by atoms with Crippen molar-refractivity contribution in [3.05, 3.63) is 47.7 Å². The number of hydrogen-bond donors (Lipinski definition) is 2. The molecule has 5 nitrogen and oxygen atoms in total. The van der Waals surface area contributed by atoms with Gasteiger partial charge < -0.3 is 10.6 Å². The predicted molar refractivity (Wildman–Crippen MR) is 113 cm³/mol. The molecular weight excluding hydrogens is 417 g/mol. The van der Waals surface area contributed by atoms with Gasteiger partial charge >= 0.3 is 6.18 Å². The molecule has 32 heavy (non-hydrogen) atoms. The molecule has 0 unspecified atom stereocenters. The number of aromatic nitrogens is 2. The van der Waals surface area contributed by atoms with Gasteiger partial charge in [-0.2, -0.15) is 18.3 Å². The van der Waals surface area contributed by atoms with E-state index < -0.39 is 18.3 Å². The van der Waals surface area contributed by atoms with Crippen LogP contribution in [0.25, 0.3) is 0 Å². The summed E-state index contributed by atoms with van der Waals surface area (Å²) >= 11 is 0. The van der Waals surface area contributed by atoms with Crippen molar-refractivity contribution in [3.63, 3.8) is 0 Å². The Kier molecular flexibility index (Phi) is 4.40. The number of alkyl halides is 3. The number of benzene rings is 1. The van der Waals surface area contributed by atoms with Crippen LogP contribution in [0.15, 0.2) is 36.4 Å². The van der Waals surface area contributed by atoms with Crippen LogP contribution >= 0.6 is 0 Å². The van der Waals surface area contributed by atoms with Crippen molar-refractivity contribution in [2.75, 3.05) is 5.32 Å². The zero-order valence-corrected chi connectivity index (χ0v) is 17.7. The zero-order chi connectivity index (χ0) is 22.1. The van der Waals surface area contributed by atoms with Gasteiger partial charge in [0.15, 0.2) is 11.7 Å². The van der Waals surface area contributed by atoms with Crippen LogP contribution in [0.5, 0.6) is 0 Å². The summed E-state index contributed by atoms with van der Waals surface area (Å²) in [6, 6.07) is 8.31. The van der Waals surface area contributed by atoms with Gasteiger partial charge in [0.05, 0.1) is 6.04 Å². The molecule has 0 saturated heterocycles. The standard InChI is InChI=1S/C24H27F3N4O/c25-24(26,27)20-9-18(17-4-2-1-3-5-17)28-21-10-19(30-31(20)21)22(32)29-23-11-14-6-15(12-23)8-16(7-14)13-23/h1-5,10,14-16,18,20,28H,6-9,11-13H2,(H,29,32)/t14?,15?,16?,18-,20-,23?/m1/s1. The Bertz CT molecular complexity index is 996. The summed E-state index contributed by atoms with van der Waals surface area (Å²) in [6.45, 7) is 0. The van der Waals surface area contributed by atoms with E-state index in [1.807, 2.05) is 30.3 Å². The summed E-state index contributed by atoms with van der Waals surface area (Å²) in [5, 5.41) is 10.5. The third-order valence-corrected chi connectivity index (χ3v) is 8.04. The van der Waals surface area contributed by atoms with Gasteiger partial charge in [-0.1, -0.05) is 30.3 Å². The Hall–Kier alpha value is -2.51. The molecule has 0 spiro atoms. The first kappa shape index (κ1) is 20.1. The van der Waals surface area contributed by atoms with Crippen molar-refractivity contribution in [1.82, 2.24) is 15.1 Å². The fraction of sp³-hybridized carbons (Fsp3) is 0.583. The van der Waals surface area contributed by atoms with Crippen molar-refractivity contribution in [2.24, 2.45) is 17.8 Å². The van der Waals surface area contributed by atoms with Gasteiger partial charge in [0.2, 0.25) is 0 Å². The maximum absolute atomic E-state index is 13.9. The van der Waals surface area contributed by atoms with Crippen molar-refractivity contribution in [3.8, 4) is 0 Å². The molecule has 4 fully saturated rings. The molecule has 0 radical (unpaired) electrons. The summed E-state index contributed by atoms with van der Waals surface area (Å²) in [5.41, 5.74) is 0.638. The predicted octanol–water partition coefficient (Wildman–Crippen LogP) is 5.24. The second-order valence-electron chi connectivity index (χ2n) is 10.4. The fourth-order valence-electron chi connectivity index (χ4n) is 7.16. The highest BCUT2D eigenvalue weighted by Crippen LogP contribution is 2.55. The Morgan fingerprint density at radius 2 is 1.66 bits per heavy atom. The topological polar surface area (TPSA) is 59.0 Å². The van der Waals surface area contributed by atoms with Gasteiger partial charge in [-0.25, -0.2) is 4.68 Å². The minimum atomic E-state index is -4.45. The highest BCUT2D eigenvalue weighted by atomic mass is 19.4. The second-order valence-corrected chi connectivity index (χ2v) is 10.4. The van der Waals surface area contributed by atoms with Crippen LogP contribution in [0.3, 0.4) is 0 Å². The van der Waals surface area contributed by atoms with Crippen molar-refractivity contribution in [2.45, 2.75) is 68.7 Å². The van der Waals surface area contributed by atoms with E-state index in [4.69, 9.17) is 0 Å². The van der Waals surface area contributed by atoms with E-state index in [0.29, 0.717) is 17.8 Å². The monoisotopic (exact) mass is 444 g/mol. The molecule has 4 saturated carbocycles. The summed E-state index contributed by atoms with van der Waals surface area (Å²) in [5.74, 6) is 1.88. The van der Waals surface area contributed by atoms with E-state index in [1.54, 1.807) is 0 Å². The third-order valence-electron chi connectivity index (χ3n) is 8.04. The molecule has 5 aliphatic rings. The average Bonchev–Trinajstić information content (AvgIpc) is 3.16. The van der Waals surface area contributed by atoms with Gasteiger partial charge in [0.1, 0.15) is 5.82 Å². The Labute approximate surface area is 184 Å².